The van der Waals surface area contributed by atoms with Crippen molar-refractivity contribution in [2.24, 2.45) is 11.7 Å². The Hall–Kier alpha value is -0.860. The van der Waals surface area contributed by atoms with Gasteiger partial charge in [0.15, 0.2) is 0 Å². The molecule has 0 heterocycles. The topological polar surface area (TPSA) is 46.2 Å². The van der Waals surface area contributed by atoms with Crippen molar-refractivity contribution >= 4 is 0 Å². The molecule has 88 valence electrons. The normalized spacial score (nSPS) is 19.4. The van der Waals surface area contributed by atoms with Crippen molar-refractivity contribution in [2.45, 2.75) is 38.2 Å². The lowest BCUT2D eigenvalue weighted by Gasteiger charge is -2.20. The Balaban J connectivity index is 2.15. The highest BCUT2D eigenvalue weighted by Crippen LogP contribution is 2.41. The van der Waals surface area contributed by atoms with Crippen LogP contribution >= 0.6 is 0 Å². The molecule has 2 atom stereocenters. The Kier molecular flexibility index (Phi) is 3.62. The SMILES string of the molecule is CCC(CN)C(O)c1cccc(C2CC2)c1. The molecule has 2 rings (SSSR count). The van der Waals surface area contributed by atoms with Gasteiger partial charge in [-0.1, -0.05) is 31.2 Å². The summed E-state index contributed by atoms with van der Waals surface area (Å²) in [4.78, 5) is 0. The number of aliphatic hydroxyl groups excluding tert-OH is 1. The van der Waals surface area contributed by atoms with Crippen LogP contribution < -0.4 is 5.73 Å². The maximum absolute atomic E-state index is 10.2. The molecule has 2 unspecified atom stereocenters. The molecule has 0 bridgehead atoms. The van der Waals surface area contributed by atoms with Crippen LogP contribution in [0.2, 0.25) is 0 Å². The molecule has 0 aliphatic heterocycles. The van der Waals surface area contributed by atoms with Gasteiger partial charge in [0.1, 0.15) is 0 Å². The minimum Gasteiger partial charge on any atom is -0.388 e. The maximum Gasteiger partial charge on any atom is 0.0830 e. The monoisotopic (exact) mass is 219 g/mol. The van der Waals surface area contributed by atoms with Gasteiger partial charge in [0, 0.05) is 5.92 Å². The fraction of sp³-hybridized carbons (Fsp3) is 0.571. The summed E-state index contributed by atoms with van der Waals surface area (Å²) < 4.78 is 0. The molecule has 1 aromatic rings. The third kappa shape index (κ3) is 2.45. The Bertz CT molecular complexity index is 342. The van der Waals surface area contributed by atoms with Crippen LogP contribution in [0.3, 0.4) is 0 Å². The summed E-state index contributed by atoms with van der Waals surface area (Å²) >= 11 is 0. The Morgan fingerprint density at radius 3 is 2.75 bits per heavy atom. The summed E-state index contributed by atoms with van der Waals surface area (Å²) in [6, 6.07) is 8.38. The Labute approximate surface area is 97.5 Å². The molecule has 0 amide bonds. The molecule has 3 N–H and O–H groups in total. The number of benzene rings is 1. The molecule has 2 heteroatoms. The van der Waals surface area contributed by atoms with Gasteiger partial charge in [0.2, 0.25) is 0 Å². The van der Waals surface area contributed by atoms with Gasteiger partial charge in [-0.25, -0.2) is 0 Å². The van der Waals surface area contributed by atoms with Crippen LogP contribution in [-0.4, -0.2) is 11.7 Å². The van der Waals surface area contributed by atoms with E-state index in [1.54, 1.807) is 0 Å². The highest BCUT2D eigenvalue weighted by molar-refractivity contribution is 5.30. The van der Waals surface area contributed by atoms with Crippen molar-refractivity contribution < 1.29 is 5.11 Å². The molecular weight excluding hydrogens is 198 g/mol. The molecular formula is C14H21NO. The zero-order valence-corrected chi connectivity index (χ0v) is 9.89. The van der Waals surface area contributed by atoms with E-state index < -0.39 is 6.10 Å². The first kappa shape index (κ1) is 11.6. The minimum absolute atomic E-state index is 0.175. The number of aliphatic hydroxyl groups is 1. The van der Waals surface area contributed by atoms with E-state index in [2.05, 4.69) is 25.1 Å². The zero-order valence-electron chi connectivity index (χ0n) is 9.89. The van der Waals surface area contributed by atoms with Crippen LogP contribution in [-0.2, 0) is 0 Å². The quantitative estimate of drug-likeness (QED) is 0.799. The Morgan fingerprint density at radius 1 is 1.44 bits per heavy atom. The average Bonchev–Trinajstić information content (AvgIpc) is 3.14. The molecule has 0 aromatic heterocycles. The van der Waals surface area contributed by atoms with Gasteiger partial charge < -0.3 is 10.8 Å². The van der Waals surface area contributed by atoms with Crippen LogP contribution in [0.4, 0.5) is 0 Å². The molecule has 0 radical (unpaired) electrons. The number of hydrogen-bond donors (Lipinski definition) is 2. The van der Waals surface area contributed by atoms with Crippen LogP contribution in [0, 0.1) is 5.92 Å². The summed E-state index contributed by atoms with van der Waals surface area (Å²) in [6.07, 6.45) is 3.11. The lowest BCUT2D eigenvalue weighted by atomic mass is 9.92. The highest BCUT2D eigenvalue weighted by Gasteiger charge is 2.25. The van der Waals surface area contributed by atoms with Crippen molar-refractivity contribution in [3.05, 3.63) is 35.4 Å². The predicted octanol–water partition coefficient (Wildman–Crippen LogP) is 2.58. The van der Waals surface area contributed by atoms with Crippen molar-refractivity contribution in [1.82, 2.24) is 0 Å². The Morgan fingerprint density at radius 2 is 2.19 bits per heavy atom. The van der Waals surface area contributed by atoms with Gasteiger partial charge >= 0.3 is 0 Å². The van der Waals surface area contributed by atoms with Crippen LogP contribution in [0.5, 0.6) is 0 Å². The fourth-order valence-corrected chi connectivity index (χ4v) is 2.20. The molecule has 1 aromatic carbocycles. The first-order valence-electron chi connectivity index (χ1n) is 6.24. The van der Waals surface area contributed by atoms with E-state index in [1.165, 1.54) is 18.4 Å². The van der Waals surface area contributed by atoms with E-state index in [0.717, 1.165) is 17.9 Å². The van der Waals surface area contributed by atoms with Gasteiger partial charge in [0.05, 0.1) is 6.10 Å². The highest BCUT2D eigenvalue weighted by atomic mass is 16.3. The molecule has 0 saturated heterocycles. The molecule has 1 fully saturated rings. The summed E-state index contributed by atoms with van der Waals surface area (Å²) in [5, 5.41) is 10.2. The van der Waals surface area contributed by atoms with Crippen molar-refractivity contribution in [3.63, 3.8) is 0 Å². The van der Waals surface area contributed by atoms with Crippen molar-refractivity contribution in [2.75, 3.05) is 6.54 Å². The average molecular weight is 219 g/mol. The van der Waals surface area contributed by atoms with Crippen molar-refractivity contribution in [3.8, 4) is 0 Å². The lowest BCUT2D eigenvalue weighted by molar-refractivity contribution is 0.110. The van der Waals surface area contributed by atoms with Crippen molar-refractivity contribution in [1.29, 1.82) is 0 Å². The van der Waals surface area contributed by atoms with Gasteiger partial charge in [-0.05, 0) is 42.9 Å². The summed E-state index contributed by atoms with van der Waals surface area (Å²) in [5.74, 6) is 0.916. The van der Waals surface area contributed by atoms with Crippen LogP contribution in [0.15, 0.2) is 24.3 Å². The van der Waals surface area contributed by atoms with Crippen LogP contribution in [0.1, 0.15) is 49.3 Å². The lowest BCUT2D eigenvalue weighted by Crippen LogP contribution is -2.21. The van der Waals surface area contributed by atoms with Gasteiger partial charge in [0.25, 0.3) is 0 Å². The molecule has 2 nitrogen and oxygen atoms in total. The van der Waals surface area contributed by atoms with E-state index in [-0.39, 0.29) is 5.92 Å². The van der Waals surface area contributed by atoms with E-state index >= 15 is 0 Å². The standard InChI is InChI=1S/C14H21NO/c1-2-10(9-15)14(16)13-5-3-4-12(8-13)11-6-7-11/h3-5,8,10-11,14,16H,2,6-7,9,15H2,1H3. The molecule has 16 heavy (non-hydrogen) atoms. The third-order valence-electron chi connectivity index (χ3n) is 3.57. The van der Waals surface area contributed by atoms with E-state index in [1.807, 2.05) is 6.07 Å². The zero-order chi connectivity index (χ0) is 11.5. The molecule has 1 saturated carbocycles. The third-order valence-corrected chi connectivity index (χ3v) is 3.57. The second-order valence-electron chi connectivity index (χ2n) is 4.79. The summed E-state index contributed by atoms with van der Waals surface area (Å²) in [7, 11) is 0. The maximum atomic E-state index is 10.2. The smallest absolute Gasteiger partial charge is 0.0830 e. The van der Waals surface area contributed by atoms with E-state index in [9.17, 15) is 5.11 Å². The second kappa shape index (κ2) is 4.98. The molecule has 0 spiro atoms. The van der Waals surface area contributed by atoms with E-state index in [0.29, 0.717) is 6.54 Å². The second-order valence-corrected chi connectivity index (χ2v) is 4.79. The summed E-state index contributed by atoms with van der Waals surface area (Å²) in [6.45, 7) is 2.62. The number of hydrogen-bond acceptors (Lipinski definition) is 2. The van der Waals surface area contributed by atoms with Crippen LogP contribution in [0.25, 0.3) is 0 Å². The minimum atomic E-state index is -0.409. The number of nitrogens with two attached hydrogens (primary N) is 1. The van der Waals surface area contributed by atoms with Gasteiger partial charge in [-0.2, -0.15) is 0 Å². The molecule has 1 aliphatic rings. The number of rotatable bonds is 5. The molecule has 1 aliphatic carbocycles. The first-order valence-corrected chi connectivity index (χ1v) is 6.24. The van der Waals surface area contributed by atoms with Gasteiger partial charge in [-0.15, -0.1) is 0 Å². The predicted molar refractivity (Wildman–Crippen MR) is 66.2 cm³/mol. The van der Waals surface area contributed by atoms with Gasteiger partial charge in [-0.3, -0.25) is 0 Å². The fourth-order valence-electron chi connectivity index (χ4n) is 2.20. The largest absolute Gasteiger partial charge is 0.388 e. The first-order chi connectivity index (χ1) is 7.76. The summed E-state index contributed by atoms with van der Waals surface area (Å²) in [5.41, 5.74) is 8.08. The van der Waals surface area contributed by atoms with E-state index in [4.69, 9.17) is 5.73 Å².